The van der Waals surface area contributed by atoms with Crippen molar-refractivity contribution in [2.75, 3.05) is 0 Å². The number of ether oxygens (including phenoxy) is 1. The van der Waals surface area contributed by atoms with Gasteiger partial charge in [-0.1, -0.05) is 25.5 Å². The Hall–Kier alpha value is -3.01. The van der Waals surface area contributed by atoms with Crippen molar-refractivity contribution in [3.63, 3.8) is 0 Å². The molecule has 0 spiro atoms. The summed E-state index contributed by atoms with van der Waals surface area (Å²) in [6.45, 7) is 4.39. The van der Waals surface area contributed by atoms with Crippen LogP contribution in [0.5, 0.6) is 5.75 Å². The SMILES string of the molecule is CCCCn1c(=O)[nH]c(=O)c2c1nc(CNC(C)c1ccc(OC(F)F)cc1)n2CC. The third-order valence-corrected chi connectivity index (χ3v) is 5.19. The number of unbranched alkanes of at least 4 members (excludes halogenated alkanes) is 1. The van der Waals surface area contributed by atoms with Gasteiger partial charge in [0.15, 0.2) is 11.2 Å². The Balaban J connectivity index is 1.85. The van der Waals surface area contributed by atoms with Gasteiger partial charge in [-0.3, -0.25) is 14.3 Å². The van der Waals surface area contributed by atoms with Crippen LogP contribution in [0.15, 0.2) is 33.9 Å². The first kappa shape index (κ1) is 22.7. The van der Waals surface area contributed by atoms with E-state index in [0.29, 0.717) is 36.6 Å². The molecule has 0 radical (unpaired) electrons. The molecule has 10 heteroatoms. The van der Waals surface area contributed by atoms with Gasteiger partial charge in [0.05, 0.1) is 6.54 Å². The Bertz CT molecular complexity index is 1130. The maximum Gasteiger partial charge on any atom is 0.387 e. The van der Waals surface area contributed by atoms with Crippen molar-refractivity contribution < 1.29 is 13.5 Å². The lowest BCUT2D eigenvalue weighted by atomic mass is 10.1. The van der Waals surface area contributed by atoms with Crippen LogP contribution in [0.25, 0.3) is 11.2 Å². The third-order valence-electron chi connectivity index (χ3n) is 5.19. The van der Waals surface area contributed by atoms with Gasteiger partial charge in [-0.25, -0.2) is 9.78 Å². The number of rotatable bonds is 10. The normalized spacial score (nSPS) is 12.6. The van der Waals surface area contributed by atoms with Crippen LogP contribution in [0.2, 0.25) is 0 Å². The van der Waals surface area contributed by atoms with E-state index in [9.17, 15) is 18.4 Å². The van der Waals surface area contributed by atoms with Crippen LogP contribution in [0, 0.1) is 0 Å². The number of fused-ring (bicyclic) bond motifs is 1. The number of hydrogen-bond donors (Lipinski definition) is 2. The Morgan fingerprint density at radius 1 is 1.16 bits per heavy atom. The van der Waals surface area contributed by atoms with E-state index < -0.39 is 17.9 Å². The molecule has 1 atom stereocenters. The number of nitrogens with zero attached hydrogens (tertiary/aromatic N) is 3. The van der Waals surface area contributed by atoms with E-state index in [1.807, 2.05) is 20.8 Å². The zero-order valence-corrected chi connectivity index (χ0v) is 17.8. The molecule has 3 rings (SSSR count). The van der Waals surface area contributed by atoms with E-state index in [2.05, 4.69) is 20.0 Å². The molecule has 1 aromatic carbocycles. The predicted octanol–water partition coefficient (Wildman–Crippen LogP) is 3.16. The minimum Gasteiger partial charge on any atom is -0.435 e. The fraction of sp³-hybridized carbons (Fsp3) is 0.476. The first-order valence-corrected chi connectivity index (χ1v) is 10.4. The smallest absolute Gasteiger partial charge is 0.387 e. The molecule has 0 aliphatic heterocycles. The van der Waals surface area contributed by atoms with E-state index >= 15 is 0 Å². The number of aromatic nitrogens is 4. The minimum atomic E-state index is -2.86. The molecule has 0 fully saturated rings. The van der Waals surface area contributed by atoms with Crippen LogP contribution in [0.4, 0.5) is 8.78 Å². The average Bonchev–Trinajstić information content (AvgIpc) is 3.11. The highest BCUT2D eigenvalue weighted by atomic mass is 19.3. The number of aryl methyl sites for hydroxylation is 2. The van der Waals surface area contributed by atoms with Crippen LogP contribution < -0.4 is 21.3 Å². The predicted molar refractivity (Wildman–Crippen MR) is 114 cm³/mol. The molecule has 168 valence electrons. The lowest BCUT2D eigenvalue weighted by molar-refractivity contribution is -0.0498. The second-order valence-electron chi connectivity index (χ2n) is 7.26. The van der Waals surface area contributed by atoms with Gasteiger partial charge in [-0.2, -0.15) is 8.78 Å². The lowest BCUT2D eigenvalue weighted by Gasteiger charge is -2.15. The highest BCUT2D eigenvalue weighted by molar-refractivity contribution is 5.71. The summed E-state index contributed by atoms with van der Waals surface area (Å²) in [5, 5.41) is 3.34. The summed E-state index contributed by atoms with van der Waals surface area (Å²) in [6, 6.07) is 6.31. The fourth-order valence-corrected chi connectivity index (χ4v) is 3.52. The molecule has 0 aliphatic carbocycles. The van der Waals surface area contributed by atoms with Crippen molar-refractivity contribution in [2.45, 2.75) is 65.9 Å². The van der Waals surface area contributed by atoms with Crippen molar-refractivity contribution in [3.05, 3.63) is 56.5 Å². The molecule has 3 aromatic rings. The van der Waals surface area contributed by atoms with E-state index in [-0.39, 0.29) is 11.8 Å². The molecular formula is C21H27F2N5O3. The number of benzene rings is 1. The first-order chi connectivity index (χ1) is 14.8. The first-order valence-electron chi connectivity index (χ1n) is 10.4. The van der Waals surface area contributed by atoms with Crippen molar-refractivity contribution >= 4 is 11.2 Å². The molecule has 0 aliphatic rings. The van der Waals surface area contributed by atoms with Crippen molar-refractivity contribution in [2.24, 2.45) is 0 Å². The van der Waals surface area contributed by atoms with Gasteiger partial charge in [-0.05, 0) is 38.0 Å². The Kier molecular flexibility index (Phi) is 7.21. The van der Waals surface area contributed by atoms with Gasteiger partial charge in [-0.15, -0.1) is 0 Å². The highest BCUT2D eigenvalue weighted by Crippen LogP contribution is 2.20. The Morgan fingerprint density at radius 3 is 2.48 bits per heavy atom. The molecule has 1 unspecified atom stereocenters. The van der Waals surface area contributed by atoms with Crippen LogP contribution >= 0.6 is 0 Å². The van der Waals surface area contributed by atoms with Gasteiger partial charge >= 0.3 is 12.3 Å². The van der Waals surface area contributed by atoms with Crippen LogP contribution in [0.3, 0.4) is 0 Å². The largest absolute Gasteiger partial charge is 0.435 e. The number of nitrogens with one attached hydrogen (secondary N) is 2. The molecule has 0 saturated carbocycles. The molecular weight excluding hydrogens is 408 g/mol. The number of hydrogen-bond acceptors (Lipinski definition) is 5. The quantitative estimate of drug-likeness (QED) is 0.510. The van der Waals surface area contributed by atoms with Crippen LogP contribution in [0.1, 0.15) is 51.0 Å². The summed E-state index contributed by atoms with van der Waals surface area (Å²) < 4.78 is 32.3. The summed E-state index contributed by atoms with van der Waals surface area (Å²) in [5.74, 6) is 0.742. The van der Waals surface area contributed by atoms with E-state index in [4.69, 9.17) is 0 Å². The zero-order chi connectivity index (χ0) is 22.5. The summed E-state index contributed by atoms with van der Waals surface area (Å²) in [4.78, 5) is 31.8. The monoisotopic (exact) mass is 435 g/mol. The summed E-state index contributed by atoms with van der Waals surface area (Å²) in [5.41, 5.74) is 0.762. The molecule has 2 N–H and O–H groups in total. The maximum atomic E-state index is 12.5. The third kappa shape index (κ3) is 5.01. The van der Waals surface area contributed by atoms with Gasteiger partial charge in [0.25, 0.3) is 5.56 Å². The zero-order valence-electron chi connectivity index (χ0n) is 17.8. The molecule has 0 saturated heterocycles. The highest BCUT2D eigenvalue weighted by Gasteiger charge is 2.18. The molecule has 31 heavy (non-hydrogen) atoms. The van der Waals surface area contributed by atoms with Crippen molar-refractivity contribution in [1.29, 1.82) is 0 Å². The van der Waals surface area contributed by atoms with Crippen LogP contribution in [-0.2, 0) is 19.6 Å². The number of H-pyrrole nitrogens is 1. The lowest BCUT2D eigenvalue weighted by Crippen LogP contribution is -2.31. The van der Waals surface area contributed by atoms with E-state index in [1.54, 1.807) is 16.7 Å². The molecule has 0 amide bonds. The second-order valence-corrected chi connectivity index (χ2v) is 7.26. The van der Waals surface area contributed by atoms with Gasteiger partial charge < -0.3 is 14.6 Å². The molecule has 2 aromatic heterocycles. The van der Waals surface area contributed by atoms with E-state index in [0.717, 1.165) is 18.4 Å². The Labute approximate surface area is 177 Å². The minimum absolute atomic E-state index is 0.100. The van der Waals surface area contributed by atoms with Gasteiger partial charge in [0, 0.05) is 19.1 Å². The summed E-state index contributed by atoms with van der Waals surface area (Å²) >= 11 is 0. The van der Waals surface area contributed by atoms with Gasteiger partial charge in [0.1, 0.15) is 11.6 Å². The number of imidazole rings is 1. The molecule has 8 nitrogen and oxygen atoms in total. The van der Waals surface area contributed by atoms with E-state index in [1.165, 1.54) is 16.7 Å². The van der Waals surface area contributed by atoms with Crippen molar-refractivity contribution in [3.8, 4) is 5.75 Å². The number of alkyl halides is 2. The van der Waals surface area contributed by atoms with Crippen molar-refractivity contribution in [1.82, 2.24) is 24.4 Å². The average molecular weight is 435 g/mol. The second kappa shape index (κ2) is 9.86. The van der Waals surface area contributed by atoms with Gasteiger partial charge in [0.2, 0.25) is 0 Å². The molecule has 2 heterocycles. The topological polar surface area (TPSA) is 93.9 Å². The standard InChI is InChI=1S/C21H27F2N5O3/c1-4-6-11-28-18-17(19(29)26-21(28)30)27(5-2)16(25-18)12-24-13(3)14-7-9-15(10-8-14)31-20(22)23/h7-10,13,20,24H,4-6,11-12H2,1-3H3,(H,26,29,30). The number of halogens is 2. The summed E-state index contributed by atoms with van der Waals surface area (Å²) in [6.07, 6.45) is 1.71. The van der Waals surface area contributed by atoms with Crippen LogP contribution in [-0.4, -0.2) is 25.7 Å². The number of aromatic amines is 1. The summed E-state index contributed by atoms with van der Waals surface area (Å²) in [7, 11) is 0. The molecule has 0 bridgehead atoms. The fourth-order valence-electron chi connectivity index (χ4n) is 3.52. The maximum absolute atomic E-state index is 12.5. The Morgan fingerprint density at radius 2 is 1.87 bits per heavy atom.